The van der Waals surface area contributed by atoms with E-state index in [1.807, 2.05) is 0 Å². The quantitative estimate of drug-likeness (QED) is 0.326. The molecule has 1 heterocycles. The van der Waals surface area contributed by atoms with Crippen molar-refractivity contribution in [3.05, 3.63) is 11.8 Å². The zero-order valence-corrected chi connectivity index (χ0v) is 8.93. The lowest BCUT2D eigenvalue weighted by Crippen LogP contribution is -2.63. The second kappa shape index (κ2) is 4.75. The van der Waals surface area contributed by atoms with Crippen LogP contribution in [-0.2, 0) is 19.1 Å². The van der Waals surface area contributed by atoms with Crippen LogP contribution in [0.15, 0.2) is 16.8 Å². The molecule has 0 aromatic carbocycles. The molecule has 88 valence electrons. The molecule has 0 amide bonds. The Morgan fingerprint density at radius 1 is 1.81 bits per heavy atom. The van der Waals surface area contributed by atoms with Gasteiger partial charge in [-0.05, 0) is 6.92 Å². The largest absolute Gasteiger partial charge is 0.463 e. The summed E-state index contributed by atoms with van der Waals surface area (Å²) in [4.78, 5) is 25.9. The first-order valence-electron chi connectivity index (χ1n) is 4.71. The van der Waals surface area contributed by atoms with Gasteiger partial charge in [0, 0.05) is 6.08 Å². The number of amidine groups is 1. The van der Waals surface area contributed by atoms with Gasteiger partial charge in [0.2, 0.25) is 0 Å². The fourth-order valence-corrected chi connectivity index (χ4v) is 1.30. The van der Waals surface area contributed by atoms with Crippen molar-refractivity contribution in [2.75, 3.05) is 13.2 Å². The SMILES string of the molecule is CCOC(=O)C1(/C([NH3+])=C/C=O)CN=C(N)O1. The maximum atomic E-state index is 11.8. The second-order valence-corrected chi connectivity index (χ2v) is 3.13. The zero-order valence-electron chi connectivity index (χ0n) is 8.93. The highest BCUT2D eigenvalue weighted by molar-refractivity contribution is 5.90. The summed E-state index contributed by atoms with van der Waals surface area (Å²) >= 11 is 0. The van der Waals surface area contributed by atoms with Gasteiger partial charge >= 0.3 is 5.97 Å². The summed E-state index contributed by atoms with van der Waals surface area (Å²) in [5.41, 5.74) is 7.64. The Morgan fingerprint density at radius 3 is 2.94 bits per heavy atom. The van der Waals surface area contributed by atoms with Gasteiger partial charge in [0.25, 0.3) is 11.6 Å². The first-order valence-corrected chi connectivity index (χ1v) is 4.71. The molecule has 0 aliphatic carbocycles. The number of ether oxygens (including phenoxy) is 2. The van der Waals surface area contributed by atoms with Crippen LogP contribution in [0.3, 0.4) is 0 Å². The van der Waals surface area contributed by atoms with Gasteiger partial charge in [0.05, 0.1) is 6.61 Å². The van der Waals surface area contributed by atoms with E-state index in [-0.39, 0.29) is 24.9 Å². The van der Waals surface area contributed by atoms with Gasteiger partial charge in [-0.3, -0.25) is 4.79 Å². The minimum absolute atomic E-state index is 0.0269. The van der Waals surface area contributed by atoms with E-state index < -0.39 is 11.6 Å². The smallest absolute Gasteiger partial charge is 0.363 e. The summed E-state index contributed by atoms with van der Waals surface area (Å²) in [5.74, 6) is -0.651. The third-order valence-electron chi connectivity index (χ3n) is 2.13. The van der Waals surface area contributed by atoms with Gasteiger partial charge in [0.15, 0.2) is 5.70 Å². The number of aldehydes is 1. The third-order valence-corrected chi connectivity index (χ3v) is 2.13. The monoisotopic (exact) mass is 228 g/mol. The van der Waals surface area contributed by atoms with Crippen LogP contribution in [0.4, 0.5) is 0 Å². The number of aliphatic imine (C=N–C) groups is 1. The predicted octanol–water partition coefficient (Wildman–Crippen LogP) is -2.04. The molecular weight excluding hydrogens is 214 g/mol. The van der Waals surface area contributed by atoms with Crippen molar-refractivity contribution in [1.82, 2.24) is 0 Å². The van der Waals surface area contributed by atoms with Crippen LogP contribution in [0.5, 0.6) is 0 Å². The molecule has 5 N–H and O–H groups in total. The maximum absolute atomic E-state index is 11.8. The Bertz CT molecular complexity index is 364. The molecule has 1 rings (SSSR count). The molecule has 0 fully saturated rings. The lowest BCUT2D eigenvalue weighted by Gasteiger charge is -2.22. The predicted molar refractivity (Wildman–Crippen MR) is 54.0 cm³/mol. The Hall–Kier alpha value is -1.89. The van der Waals surface area contributed by atoms with Gasteiger partial charge in [-0.2, -0.15) is 0 Å². The highest BCUT2D eigenvalue weighted by Crippen LogP contribution is 2.24. The number of nitrogens with two attached hydrogens (primary N) is 1. The van der Waals surface area contributed by atoms with E-state index in [0.29, 0.717) is 6.29 Å². The van der Waals surface area contributed by atoms with E-state index in [1.165, 1.54) is 0 Å². The summed E-state index contributed by atoms with van der Waals surface area (Å²) in [6, 6.07) is -0.117. The molecule has 0 aromatic heterocycles. The first kappa shape index (κ1) is 12.2. The number of esters is 1. The molecule has 16 heavy (non-hydrogen) atoms. The van der Waals surface area contributed by atoms with Gasteiger partial charge in [-0.25, -0.2) is 9.79 Å². The molecule has 0 bridgehead atoms. The molecule has 0 saturated carbocycles. The van der Waals surface area contributed by atoms with Crippen LogP contribution in [0.1, 0.15) is 6.92 Å². The molecular formula is C9H14N3O4+. The number of hydrogen-bond donors (Lipinski definition) is 2. The van der Waals surface area contributed by atoms with E-state index in [4.69, 9.17) is 15.2 Å². The summed E-state index contributed by atoms with van der Waals surface area (Å²) in [7, 11) is 0. The average molecular weight is 228 g/mol. The number of quaternary nitrogens is 1. The molecule has 0 radical (unpaired) electrons. The van der Waals surface area contributed by atoms with Gasteiger partial charge in [-0.1, -0.05) is 0 Å². The number of allylic oxidation sites excluding steroid dienone is 1. The van der Waals surface area contributed by atoms with Crippen LogP contribution >= 0.6 is 0 Å². The zero-order chi connectivity index (χ0) is 12.2. The Balaban J connectivity index is 3.00. The lowest BCUT2D eigenvalue weighted by atomic mass is 10.0. The van der Waals surface area contributed by atoms with Crippen LogP contribution in [0, 0.1) is 0 Å². The fourth-order valence-electron chi connectivity index (χ4n) is 1.30. The topological polar surface area (TPSA) is 119 Å². The van der Waals surface area contributed by atoms with Crippen molar-refractivity contribution >= 4 is 18.3 Å². The van der Waals surface area contributed by atoms with Gasteiger partial charge in [-0.15, -0.1) is 0 Å². The minimum Gasteiger partial charge on any atom is -0.463 e. The Labute approximate surface area is 92.1 Å². The van der Waals surface area contributed by atoms with Crippen molar-refractivity contribution in [3.63, 3.8) is 0 Å². The molecule has 7 nitrogen and oxygen atoms in total. The van der Waals surface area contributed by atoms with E-state index in [1.54, 1.807) is 6.92 Å². The number of rotatable bonds is 4. The highest BCUT2D eigenvalue weighted by atomic mass is 16.6. The molecule has 7 heteroatoms. The minimum atomic E-state index is -1.49. The first-order chi connectivity index (χ1) is 7.56. The molecule has 0 saturated heterocycles. The third kappa shape index (κ3) is 2.03. The van der Waals surface area contributed by atoms with E-state index in [0.717, 1.165) is 6.08 Å². The number of hydrogen-bond acceptors (Lipinski definition) is 6. The van der Waals surface area contributed by atoms with Crippen molar-refractivity contribution in [2.45, 2.75) is 12.5 Å². The molecule has 0 spiro atoms. The average Bonchev–Trinajstić information content (AvgIpc) is 2.63. The lowest BCUT2D eigenvalue weighted by molar-refractivity contribution is -0.327. The summed E-state index contributed by atoms with van der Waals surface area (Å²) < 4.78 is 10.00. The molecule has 1 aliphatic heterocycles. The molecule has 1 unspecified atom stereocenters. The number of carbonyl (C=O) groups excluding carboxylic acids is 2. The van der Waals surface area contributed by atoms with Crippen molar-refractivity contribution in [1.29, 1.82) is 0 Å². The van der Waals surface area contributed by atoms with E-state index in [2.05, 4.69) is 10.7 Å². The van der Waals surface area contributed by atoms with Crippen molar-refractivity contribution < 1.29 is 24.8 Å². The van der Waals surface area contributed by atoms with Crippen LogP contribution < -0.4 is 11.5 Å². The highest BCUT2D eigenvalue weighted by Gasteiger charge is 2.52. The second-order valence-electron chi connectivity index (χ2n) is 3.13. The molecule has 0 aromatic rings. The van der Waals surface area contributed by atoms with Crippen LogP contribution in [0.2, 0.25) is 0 Å². The standard InChI is InChI=1S/C9H13N3O4/c1-2-15-7(14)9(6(10)3-4-13)5-12-8(11)16-9/h3-4H,2,5,10H2,1H3,(H2,11,12)/p+1/b6-3-. The fraction of sp³-hybridized carbons (Fsp3) is 0.444. The summed E-state index contributed by atoms with van der Waals surface area (Å²) in [6.07, 6.45) is 1.65. The Morgan fingerprint density at radius 2 is 2.50 bits per heavy atom. The van der Waals surface area contributed by atoms with Crippen molar-refractivity contribution in [2.24, 2.45) is 10.7 Å². The maximum Gasteiger partial charge on any atom is 0.363 e. The number of nitrogens with zero attached hydrogens (tertiary/aromatic N) is 1. The van der Waals surface area contributed by atoms with Crippen LogP contribution in [-0.4, -0.2) is 37.0 Å². The van der Waals surface area contributed by atoms with Crippen LogP contribution in [0.25, 0.3) is 0 Å². The van der Waals surface area contributed by atoms with E-state index >= 15 is 0 Å². The summed E-state index contributed by atoms with van der Waals surface area (Å²) in [6.45, 7) is 1.83. The van der Waals surface area contributed by atoms with Gasteiger partial charge in [0.1, 0.15) is 12.8 Å². The van der Waals surface area contributed by atoms with Crippen molar-refractivity contribution in [3.8, 4) is 0 Å². The summed E-state index contributed by atoms with van der Waals surface area (Å²) in [5, 5.41) is 0. The molecule has 1 atom stereocenters. The number of carbonyl (C=O) groups is 2. The molecule has 1 aliphatic rings. The Kier molecular flexibility index (Phi) is 3.62. The normalized spacial score (nSPS) is 24.6. The van der Waals surface area contributed by atoms with Gasteiger partial charge < -0.3 is 20.9 Å². The van der Waals surface area contributed by atoms with E-state index in [9.17, 15) is 9.59 Å².